The van der Waals surface area contributed by atoms with Gasteiger partial charge in [0.25, 0.3) is 0 Å². The number of nitrogens with zero attached hydrogens (tertiary/aromatic N) is 4. The number of fused-ring (bicyclic) bond motifs is 2. The van der Waals surface area contributed by atoms with Gasteiger partial charge in [0.2, 0.25) is 0 Å². The van der Waals surface area contributed by atoms with Crippen molar-refractivity contribution in [2.75, 3.05) is 13.7 Å². The number of carbonyl (C=O) groups excluding carboxylic acids is 1. The van der Waals surface area contributed by atoms with E-state index in [2.05, 4.69) is 32.1 Å². The lowest BCUT2D eigenvalue weighted by molar-refractivity contribution is -0.138. The standard InChI is InChI=1S/C19H15N3O3.C18H13N3O2/c1-24-12-19(23)25-15-4-5-18-16(8-15)17(11-22-18)14(9-20)7-13-3-2-6-21-10-13;19-9-14(6-13-2-1-5-20-10-13)16-11-21-17-4-3-12(7-15(16)17)8-18(22)23/h2-8,10-11,22H,12H2,1H3;1-7,10-11,21H,8H2,(H,22,23)/b14-7+;14-6+. The van der Waals surface area contributed by atoms with Crippen molar-refractivity contribution in [3.63, 3.8) is 0 Å². The molecule has 0 atom stereocenters. The van der Waals surface area contributed by atoms with Gasteiger partial charge in [-0.05, 0) is 71.3 Å². The smallest absolute Gasteiger partial charge is 0.337 e. The fraction of sp³-hybridized carbons (Fsp3) is 0.0811. The molecule has 0 aliphatic carbocycles. The summed E-state index contributed by atoms with van der Waals surface area (Å²) in [5.74, 6) is -0.966. The Morgan fingerprint density at radius 2 is 1.40 bits per heavy atom. The molecule has 0 fully saturated rings. The first-order chi connectivity index (χ1) is 23.4. The first-order valence-corrected chi connectivity index (χ1v) is 14.6. The van der Waals surface area contributed by atoms with Crippen molar-refractivity contribution in [3.8, 4) is 17.9 Å². The van der Waals surface area contributed by atoms with Crippen LogP contribution in [0.15, 0.2) is 97.8 Å². The second-order valence-electron chi connectivity index (χ2n) is 10.4. The molecule has 11 nitrogen and oxygen atoms in total. The molecule has 4 aromatic heterocycles. The molecule has 0 saturated carbocycles. The number of pyridine rings is 2. The monoisotopic (exact) mass is 636 g/mol. The Morgan fingerprint density at radius 3 is 1.90 bits per heavy atom. The molecule has 0 spiro atoms. The highest BCUT2D eigenvalue weighted by molar-refractivity contribution is 6.02. The van der Waals surface area contributed by atoms with Crippen molar-refractivity contribution in [2.45, 2.75) is 6.42 Å². The lowest BCUT2D eigenvalue weighted by Crippen LogP contribution is -2.14. The molecule has 3 N–H and O–H groups in total. The highest BCUT2D eigenvalue weighted by Gasteiger charge is 2.13. The van der Waals surface area contributed by atoms with Crippen LogP contribution in [0.5, 0.6) is 5.75 Å². The molecule has 6 rings (SSSR count). The van der Waals surface area contributed by atoms with Gasteiger partial charge in [0, 0.05) is 77.2 Å². The highest BCUT2D eigenvalue weighted by Crippen LogP contribution is 2.30. The van der Waals surface area contributed by atoms with E-state index < -0.39 is 11.9 Å². The van der Waals surface area contributed by atoms with Gasteiger partial charge in [-0.1, -0.05) is 18.2 Å². The minimum absolute atomic E-state index is 0.0469. The summed E-state index contributed by atoms with van der Waals surface area (Å²) < 4.78 is 9.98. The third-order valence-corrected chi connectivity index (χ3v) is 7.06. The molecule has 0 bridgehead atoms. The molecule has 0 unspecified atom stereocenters. The lowest BCUT2D eigenvalue weighted by atomic mass is 10.0. The van der Waals surface area contributed by atoms with Crippen molar-refractivity contribution in [1.82, 2.24) is 19.9 Å². The molecule has 0 amide bonds. The number of nitrogens with one attached hydrogen (secondary N) is 2. The number of carboxylic acids is 1. The van der Waals surface area contributed by atoms with Gasteiger partial charge in [-0.2, -0.15) is 10.5 Å². The number of aliphatic carboxylic acids is 1. The van der Waals surface area contributed by atoms with Crippen LogP contribution in [0.4, 0.5) is 0 Å². The second-order valence-corrected chi connectivity index (χ2v) is 10.4. The molecule has 48 heavy (non-hydrogen) atoms. The van der Waals surface area contributed by atoms with Gasteiger partial charge in [-0.25, -0.2) is 4.79 Å². The van der Waals surface area contributed by atoms with Crippen molar-refractivity contribution < 1.29 is 24.2 Å². The Bertz CT molecular complexity index is 2220. The molecule has 0 aliphatic rings. The number of allylic oxidation sites excluding steroid dienone is 2. The Morgan fingerprint density at radius 1 is 0.833 bits per heavy atom. The fourth-order valence-electron chi connectivity index (χ4n) is 4.94. The van der Waals surface area contributed by atoms with E-state index in [1.807, 2.05) is 30.3 Å². The number of esters is 1. The molecule has 0 radical (unpaired) electrons. The zero-order valence-corrected chi connectivity index (χ0v) is 25.7. The minimum Gasteiger partial charge on any atom is -0.481 e. The molecule has 0 aliphatic heterocycles. The van der Waals surface area contributed by atoms with Gasteiger partial charge >= 0.3 is 11.9 Å². The van der Waals surface area contributed by atoms with Crippen LogP contribution in [0.25, 0.3) is 45.1 Å². The van der Waals surface area contributed by atoms with Gasteiger partial charge in [-0.3, -0.25) is 14.8 Å². The minimum atomic E-state index is -0.882. The number of methoxy groups -OCH3 is 1. The SMILES string of the molecule is COCC(=O)Oc1ccc2[nH]cc(/C(C#N)=C/c3cccnc3)c2c1.N#C/C(=C\c1cccnc1)c1c[nH]c2ccc(CC(=O)O)cc12. The molecular weight excluding hydrogens is 608 g/mol. The van der Waals surface area contributed by atoms with E-state index in [4.69, 9.17) is 14.6 Å². The van der Waals surface area contributed by atoms with Crippen LogP contribution in [-0.2, 0) is 20.7 Å². The molecule has 236 valence electrons. The number of aromatic nitrogens is 4. The van der Waals surface area contributed by atoms with Crippen molar-refractivity contribution in [3.05, 3.63) is 126 Å². The molecule has 2 aromatic carbocycles. The maximum Gasteiger partial charge on any atom is 0.337 e. The van der Waals surface area contributed by atoms with E-state index >= 15 is 0 Å². The van der Waals surface area contributed by atoms with E-state index in [0.29, 0.717) is 22.5 Å². The Hall–Kier alpha value is -6.82. The van der Waals surface area contributed by atoms with E-state index in [1.54, 1.807) is 79.7 Å². The number of nitriles is 2. The first-order valence-electron chi connectivity index (χ1n) is 14.6. The highest BCUT2D eigenvalue weighted by atomic mass is 16.6. The topological polar surface area (TPSA) is 178 Å². The largest absolute Gasteiger partial charge is 0.481 e. The summed E-state index contributed by atoms with van der Waals surface area (Å²) in [7, 11) is 1.43. The van der Waals surface area contributed by atoms with Crippen LogP contribution in [0.1, 0.15) is 27.8 Å². The summed E-state index contributed by atoms with van der Waals surface area (Å²) in [6.07, 6.45) is 13.7. The maximum absolute atomic E-state index is 11.6. The van der Waals surface area contributed by atoms with Crippen LogP contribution < -0.4 is 4.74 Å². The molecule has 4 heterocycles. The first kappa shape index (κ1) is 32.6. The quantitative estimate of drug-likeness (QED) is 0.0916. The van der Waals surface area contributed by atoms with Crippen molar-refractivity contribution in [1.29, 1.82) is 10.5 Å². The summed E-state index contributed by atoms with van der Waals surface area (Å²) in [5, 5.41) is 29.6. The number of carbonyl (C=O) groups is 2. The van der Waals surface area contributed by atoms with Gasteiger partial charge < -0.3 is 24.5 Å². The molecule has 6 aromatic rings. The Balaban J connectivity index is 0.000000188. The molecule has 11 heteroatoms. The third kappa shape index (κ3) is 8.06. The van der Waals surface area contributed by atoms with Gasteiger partial charge in [0.15, 0.2) is 0 Å². The third-order valence-electron chi connectivity index (χ3n) is 7.06. The summed E-state index contributed by atoms with van der Waals surface area (Å²) >= 11 is 0. The number of aromatic amines is 2. The molecule has 0 saturated heterocycles. The average molecular weight is 637 g/mol. The summed E-state index contributed by atoms with van der Waals surface area (Å²) in [6.45, 7) is -0.123. The maximum atomic E-state index is 11.6. The average Bonchev–Trinajstić information content (AvgIpc) is 3.71. The summed E-state index contributed by atoms with van der Waals surface area (Å²) in [6, 6.07) is 22.4. The number of ether oxygens (including phenoxy) is 2. The van der Waals surface area contributed by atoms with E-state index in [0.717, 1.165) is 44.1 Å². The predicted molar refractivity (Wildman–Crippen MR) is 181 cm³/mol. The summed E-state index contributed by atoms with van der Waals surface area (Å²) in [5.41, 5.74) is 6.52. The van der Waals surface area contributed by atoms with E-state index in [9.17, 15) is 20.1 Å². The van der Waals surface area contributed by atoms with E-state index in [-0.39, 0.29) is 13.0 Å². The lowest BCUT2D eigenvalue weighted by Gasteiger charge is -2.04. The van der Waals surface area contributed by atoms with Crippen LogP contribution in [-0.4, -0.2) is 50.7 Å². The number of carboxylic acid groups (broad SMARTS) is 1. The number of hydrogen-bond donors (Lipinski definition) is 3. The fourth-order valence-corrected chi connectivity index (χ4v) is 4.94. The number of H-pyrrole nitrogens is 2. The van der Waals surface area contributed by atoms with Crippen molar-refractivity contribution >= 4 is 57.0 Å². The number of benzene rings is 2. The zero-order chi connectivity index (χ0) is 33.9. The normalized spacial score (nSPS) is 11.3. The van der Waals surface area contributed by atoms with Gasteiger partial charge in [0.1, 0.15) is 12.4 Å². The predicted octanol–water partition coefficient (Wildman–Crippen LogP) is 6.43. The summed E-state index contributed by atoms with van der Waals surface area (Å²) in [4.78, 5) is 36.8. The van der Waals surface area contributed by atoms with E-state index in [1.165, 1.54) is 7.11 Å². The van der Waals surface area contributed by atoms with Crippen LogP contribution >= 0.6 is 0 Å². The number of hydrogen-bond acceptors (Lipinski definition) is 8. The number of rotatable bonds is 9. The van der Waals surface area contributed by atoms with Crippen LogP contribution in [0.2, 0.25) is 0 Å². The zero-order valence-electron chi connectivity index (χ0n) is 25.7. The van der Waals surface area contributed by atoms with Gasteiger partial charge in [-0.15, -0.1) is 0 Å². The van der Waals surface area contributed by atoms with Crippen LogP contribution in [0.3, 0.4) is 0 Å². The van der Waals surface area contributed by atoms with Crippen molar-refractivity contribution in [2.24, 2.45) is 0 Å². The Labute approximate surface area is 275 Å². The van der Waals surface area contributed by atoms with Gasteiger partial charge in [0.05, 0.1) is 29.7 Å². The second kappa shape index (κ2) is 15.5. The Kier molecular flexibility index (Phi) is 10.5. The van der Waals surface area contributed by atoms with Crippen LogP contribution in [0, 0.1) is 22.7 Å². The molecular formula is C37H28N6O5.